The maximum Gasteiger partial charge on any atom is 0.0472 e. The maximum absolute atomic E-state index is 5.90. The van der Waals surface area contributed by atoms with Gasteiger partial charge in [0, 0.05) is 20.6 Å². The van der Waals surface area contributed by atoms with Gasteiger partial charge in [-0.05, 0) is 42.3 Å². The molecule has 0 aliphatic heterocycles. The molecular weight excluding hydrogens is 261 g/mol. The van der Waals surface area contributed by atoms with Crippen molar-refractivity contribution in [1.29, 1.82) is 0 Å². The van der Waals surface area contributed by atoms with Crippen LogP contribution < -0.4 is 4.72 Å². The molecule has 0 unspecified atom stereocenters. The second-order valence-corrected chi connectivity index (χ2v) is 4.93. The molecule has 82 valence electrons. The van der Waals surface area contributed by atoms with Crippen molar-refractivity contribution < 1.29 is 0 Å². The monoisotopic (exact) mass is 269 g/mol. The van der Waals surface area contributed by atoms with Crippen molar-refractivity contribution in [3.8, 4) is 0 Å². The number of anilines is 1. The minimum absolute atomic E-state index is 0.628. The molecule has 2 rings (SSSR count). The summed E-state index contributed by atoms with van der Waals surface area (Å²) in [5, 5.41) is 1.26. The average Bonchev–Trinajstić information content (AvgIpc) is 2.27. The number of hydrogen-bond donors (Lipinski definition) is 1. The van der Waals surface area contributed by atoms with E-state index < -0.39 is 0 Å². The number of nitrogens with one attached hydrogen (secondary N) is 1. The molecule has 0 amide bonds. The van der Waals surface area contributed by atoms with E-state index >= 15 is 0 Å². The van der Waals surface area contributed by atoms with Gasteiger partial charge in [0.25, 0.3) is 0 Å². The molecule has 16 heavy (non-hydrogen) atoms. The normalized spacial score (nSPS) is 10.1. The first kappa shape index (κ1) is 11.6. The van der Waals surface area contributed by atoms with E-state index in [1.165, 1.54) is 11.9 Å². The molecular formula is C12H9Cl2NS. The Morgan fingerprint density at radius 2 is 1.50 bits per heavy atom. The summed E-state index contributed by atoms with van der Waals surface area (Å²) < 4.78 is 3.19. The first-order valence-electron chi connectivity index (χ1n) is 4.68. The molecule has 2 aromatic carbocycles. The van der Waals surface area contributed by atoms with Crippen molar-refractivity contribution >= 4 is 40.8 Å². The molecule has 0 aromatic heterocycles. The van der Waals surface area contributed by atoms with E-state index in [-0.39, 0.29) is 0 Å². The molecule has 0 aliphatic carbocycles. The summed E-state index contributed by atoms with van der Waals surface area (Å²) in [4.78, 5) is 1.14. The van der Waals surface area contributed by atoms with Crippen LogP contribution in [0.5, 0.6) is 0 Å². The fraction of sp³-hybridized carbons (Fsp3) is 0. The summed E-state index contributed by atoms with van der Waals surface area (Å²) >= 11 is 13.3. The minimum Gasteiger partial charge on any atom is -0.326 e. The Morgan fingerprint density at radius 3 is 2.12 bits per heavy atom. The summed E-state index contributed by atoms with van der Waals surface area (Å²) in [6, 6.07) is 15.4. The van der Waals surface area contributed by atoms with Gasteiger partial charge in [-0.15, -0.1) is 0 Å². The number of halogens is 2. The lowest BCUT2D eigenvalue weighted by Gasteiger charge is -2.06. The predicted octanol–water partition coefficient (Wildman–Crippen LogP) is 5.11. The highest BCUT2D eigenvalue weighted by Gasteiger charge is 1.98. The molecule has 0 saturated carbocycles. The topological polar surface area (TPSA) is 12.0 Å². The highest BCUT2D eigenvalue weighted by Crippen LogP contribution is 2.26. The van der Waals surface area contributed by atoms with E-state index in [0.717, 1.165) is 10.6 Å². The second-order valence-electron chi connectivity index (χ2n) is 3.18. The maximum atomic E-state index is 5.90. The van der Waals surface area contributed by atoms with Crippen molar-refractivity contribution in [3.05, 3.63) is 58.6 Å². The van der Waals surface area contributed by atoms with Gasteiger partial charge in [-0.25, -0.2) is 0 Å². The molecule has 0 aliphatic rings. The molecule has 0 fully saturated rings. The summed E-state index contributed by atoms with van der Waals surface area (Å²) in [6.45, 7) is 0. The van der Waals surface area contributed by atoms with Gasteiger partial charge >= 0.3 is 0 Å². The lowest BCUT2D eigenvalue weighted by molar-refractivity contribution is 1.47. The Labute approximate surface area is 109 Å². The van der Waals surface area contributed by atoms with Gasteiger partial charge in [0.2, 0.25) is 0 Å². The molecule has 0 spiro atoms. The van der Waals surface area contributed by atoms with Crippen molar-refractivity contribution in [2.45, 2.75) is 4.90 Å². The summed E-state index contributed by atoms with van der Waals surface area (Å²) in [5.74, 6) is 0. The standard InChI is InChI=1S/C12H9Cl2NS/c13-9-6-10(14)8-11(7-9)15-16-12-4-2-1-3-5-12/h1-8,15H. The van der Waals surface area contributed by atoms with Crippen LogP contribution in [0.3, 0.4) is 0 Å². The van der Waals surface area contributed by atoms with Gasteiger partial charge < -0.3 is 4.72 Å². The molecule has 1 nitrogen and oxygen atoms in total. The van der Waals surface area contributed by atoms with E-state index in [0.29, 0.717) is 10.0 Å². The fourth-order valence-corrected chi connectivity index (χ4v) is 2.39. The number of benzene rings is 2. The van der Waals surface area contributed by atoms with E-state index in [1.54, 1.807) is 6.07 Å². The Kier molecular flexibility index (Phi) is 3.99. The third kappa shape index (κ3) is 3.34. The van der Waals surface area contributed by atoms with E-state index in [9.17, 15) is 0 Å². The smallest absolute Gasteiger partial charge is 0.0472 e. The Hall–Kier alpha value is -0.830. The first-order chi connectivity index (χ1) is 7.74. The van der Waals surface area contributed by atoms with Crippen LogP contribution in [0.2, 0.25) is 10.0 Å². The van der Waals surface area contributed by atoms with Crippen molar-refractivity contribution in [3.63, 3.8) is 0 Å². The molecule has 0 bridgehead atoms. The van der Waals surface area contributed by atoms with Crippen LogP contribution in [0.4, 0.5) is 5.69 Å². The van der Waals surface area contributed by atoms with Crippen LogP contribution in [-0.4, -0.2) is 0 Å². The third-order valence-electron chi connectivity index (χ3n) is 1.89. The van der Waals surface area contributed by atoms with Gasteiger partial charge in [0.15, 0.2) is 0 Å². The molecule has 0 heterocycles. The lowest BCUT2D eigenvalue weighted by atomic mass is 10.3. The molecule has 0 radical (unpaired) electrons. The minimum atomic E-state index is 0.628. The molecule has 0 atom stereocenters. The first-order valence-corrected chi connectivity index (χ1v) is 6.25. The van der Waals surface area contributed by atoms with E-state index in [2.05, 4.69) is 4.72 Å². The number of rotatable bonds is 3. The molecule has 4 heteroatoms. The van der Waals surface area contributed by atoms with E-state index in [4.69, 9.17) is 23.2 Å². The molecule has 1 N–H and O–H groups in total. The molecule has 0 saturated heterocycles. The zero-order valence-electron chi connectivity index (χ0n) is 8.28. The fourth-order valence-electron chi connectivity index (χ4n) is 1.22. The van der Waals surface area contributed by atoms with Crippen LogP contribution in [0.15, 0.2) is 53.4 Å². The zero-order valence-corrected chi connectivity index (χ0v) is 10.6. The van der Waals surface area contributed by atoms with E-state index in [1.807, 2.05) is 42.5 Å². The van der Waals surface area contributed by atoms with Crippen LogP contribution in [0.1, 0.15) is 0 Å². The van der Waals surface area contributed by atoms with Gasteiger partial charge in [0.1, 0.15) is 0 Å². The van der Waals surface area contributed by atoms with Gasteiger partial charge in [-0.1, -0.05) is 41.4 Å². The summed E-state index contributed by atoms with van der Waals surface area (Å²) in [5.41, 5.74) is 0.895. The Morgan fingerprint density at radius 1 is 0.875 bits per heavy atom. The Balaban J connectivity index is 2.05. The lowest BCUT2D eigenvalue weighted by Crippen LogP contribution is -1.86. The zero-order chi connectivity index (χ0) is 11.4. The van der Waals surface area contributed by atoms with Gasteiger partial charge in [-0.3, -0.25) is 0 Å². The summed E-state index contributed by atoms with van der Waals surface area (Å²) in [7, 11) is 0. The van der Waals surface area contributed by atoms with Crippen molar-refractivity contribution in [1.82, 2.24) is 0 Å². The van der Waals surface area contributed by atoms with Crippen molar-refractivity contribution in [2.75, 3.05) is 4.72 Å². The second kappa shape index (κ2) is 5.48. The van der Waals surface area contributed by atoms with Crippen LogP contribution in [-0.2, 0) is 0 Å². The average molecular weight is 270 g/mol. The van der Waals surface area contributed by atoms with Crippen LogP contribution in [0, 0.1) is 0 Å². The van der Waals surface area contributed by atoms with Crippen LogP contribution >= 0.6 is 35.1 Å². The van der Waals surface area contributed by atoms with Crippen LogP contribution in [0.25, 0.3) is 0 Å². The number of hydrogen-bond acceptors (Lipinski definition) is 2. The third-order valence-corrected chi connectivity index (χ3v) is 3.17. The largest absolute Gasteiger partial charge is 0.326 e. The highest BCUT2D eigenvalue weighted by molar-refractivity contribution is 8.00. The quantitative estimate of drug-likeness (QED) is 0.777. The Bertz CT molecular complexity index is 453. The highest BCUT2D eigenvalue weighted by atomic mass is 35.5. The predicted molar refractivity (Wildman–Crippen MR) is 72.4 cm³/mol. The van der Waals surface area contributed by atoms with Crippen molar-refractivity contribution in [2.24, 2.45) is 0 Å². The molecule has 2 aromatic rings. The van der Waals surface area contributed by atoms with Gasteiger partial charge in [-0.2, -0.15) is 0 Å². The summed E-state index contributed by atoms with van der Waals surface area (Å²) in [6.07, 6.45) is 0. The van der Waals surface area contributed by atoms with Gasteiger partial charge in [0.05, 0.1) is 0 Å². The SMILES string of the molecule is Clc1cc(Cl)cc(NSc2ccccc2)c1.